The van der Waals surface area contributed by atoms with Gasteiger partial charge in [-0.3, -0.25) is 4.98 Å². The maximum Gasteiger partial charge on any atom is 0.274 e. The minimum absolute atomic E-state index is 0.0921. The minimum atomic E-state index is -3.69. The van der Waals surface area contributed by atoms with E-state index < -0.39 is 16.1 Å². The number of pyridine rings is 1. The SMILES string of the molecule is CNCc1ccc(S(=O)(=O)NC(C)c2ccccn2)o1. The monoisotopic (exact) mass is 295 g/mol. The van der Waals surface area contributed by atoms with Crippen LogP contribution in [0.3, 0.4) is 0 Å². The maximum absolute atomic E-state index is 12.2. The van der Waals surface area contributed by atoms with Crippen molar-refractivity contribution in [2.75, 3.05) is 7.05 Å². The summed E-state index contributed by atoms with van der Waals surface area (Å²) in [5.41, 5.74) is 0.651. The Hall–Kier alpha value is -1.70. The van der Waals surface area contributed by atoms with Gasteiger partial charge in [-0.2, -0.15) is 4.72 Å². The topological polar surface area (TPSA) is 84.2 Å². The van der Waals surface area contributed by atoms with Crippen molar-refractivity contribution in [3.05, 3.63) is 48.0 Å². The lowest BCUT2D eigenvalue weighted by molar-refractivity contribution is 0.403. The smallest absolute Gasteiger partial charge is 0.274 e. The summed E-state index contributed by atoms with van der Waals surface area (Å²) in [4.78, 5) is 4.12. The molecule has 0 spiro atoms. The molecule has 0 aliphatic heterocycles. The van der Waals surface area contributed by atoms with Crippen LogP contribution in [-0.2, 0) is 16.6 Å². The molecule has 1 atom stereocenters. The average Bonchev–Trinajstić information content (AvgIpc) is 2.89. The van der Waals surface area contributed by atoms with Crippen molar-refractivity contribution in [3.8, 4) is 0 Å². The van der Waals surface area contributed by atoms with Gasteiger partial charge in [0, 0.05) is 6.20 Å². The number of aromatic nitrogens is 1. The number of nitrogens with one attached hydrogen (secondary N) is 2. The van der Waals surface area contributed by atoms with Crippen LogP contribution in [0.2, 0.25) is 0 Å². The van der Waals surface area contributed by atoms with Crippen LogP contribution < -0.4 is 10.0 Å². The number of hydrogen-bond donors (Lipinski definition) is 2. The van der Waals surface area contributed by atoms with E-state index in [1.807, 2.05) is 6.07 Å². The van der Waals surface area contributed by atoms with Crippen LogP contribution in [0.25, 0.3) is 0 Å². The highest BCUT2D eigenvalue weighted by atomic mass is 32.2. The Morgan fingerprint density at radius 1 is 1.30 bits per heavy atom. The van der Waals surface area contributed by atoms with Crippen LogP contribution in [0.5, 0.6) is 0 Å². The number of furan rings is 1. The van der Waals surface area contributed by atoms with Gasteiger partial charge in [-0.15, -0.1) is 0 Å². The Bertz CT molecular complexity index is 653. The van der Waals surface area contributed by atoms with Crippen LogP contribution in [0, 0.1) is 0 Å². The van der Waals surface area contributed by atoms with Gasteiger partial charge in [0.2, 0.25) is 5.09 Å². The molecular formula is C13H17N3O3S. The molecule has 0 aliphatic carbocycles. The van der Waals surface area contributed by atoms with Crippen molar-refractivity contribution in [3.63, 3.8) is 0 Å². The van der Waals surface area contributed by atoms with Crippen LogP contribution in [0.4, 0.5) is 0 Å². The van der Waals surface area contributed by atoms with Gasteiger partial charge >= 0.3 is 0 Å². The molecule has 0 radical (unpaired) electrons. The molecule has 7 heteroatoms. The number of nitrogens with zero attached hydrogens (tertiary/aromatic N) is 1. The summed E-state index contributed by atoms with van der Waals surface area (Å²) in [5.74, 6) is 0.568. The van der Waals surface area contributed by atoms with Crippen LogP contribution in [0.1, 0.15) is 24.4 Å². The summed E-state index contributed by atoms with van der Waals surface area (Å²) >= 11 is 0. The molecule has 0 saturated carbocycles. The zero-order chi connectivity index (χ0) is 14.6. The van der Waals surface area contributed by atoms with Gasteiger partial charge in [0.25, 0.3) is 10.0 Å². The molecule has 2 N–H and O–H groups in total. The first-order valence-corrected chi connectivity index (χ1v) is 7.68. The van der Waals surface area contributed by atoms with Crippen LogP contribution >= 0.6 is 0 Å². The molecule has 0 amide bonds. The van der Waals surface area contributed by atoms with E-state index in [9.17, 15) is 8.42 Å². The molecule has 0 saturated heterocycles. The van der Waals surface area contributed by atoms with E-state index in [0.717, 1.165) is 0 Å². The summed E-state index contributed by atoms with van der Waals surface area (Å²) in [6, 6.07) is 8.00. The second-order valence-corrected chi connectivity index (χ2v) is 5.99. The zero-order valence-electron chi connectivity index (χ0n) is 11.3. The van der Waals surface area contributed by atoms with Crippen molar-refractivity contribution in [1.29, 1.82) is 0 Å². The predicted octanol–water partition coefficient (Wildman–Crippen LogP) is 1.43. The largest absolute Gasteiger partial charge is 0.447 e. The van der Waals surface area contributed by atoms with Crippen LogP contribution in [0.15, 0.2) is 46.0 Å². The Labute approximate surface area is 118 Å². The predicted molar refractivity (Wildman–Crippen MR) is 74.4 cm³/mol. The second kappa shape index (κ2) is 6.17. The summed E-state index contributed by atoms with van der Waals surface area (Å²) in [7, 11) is -1.93. The molecule has 6 nitrogen and oxygen atoms in total. The van der Waals surface area contributed by atoms with Crippen molar-refractivity contribution < 1.29 is 12.8 Å². The quantitative estimate of drug-likeness (QED) is 0.842. The highest BCUT2D eigenvalue weighted by Gasteiger charge is 2.22. The number of sulfonamides is 1. The fourth-order valence-corrected chi connectivity index (χ4v) is 2.92. The zero-order valence-corrected chi connectivity index (χ0v) is 12.1. The summed E-state index contributed by atoms with van der Waals surface area (Å²) in [6.45, 7) is 2.21. The van der Waals surface area contributed by atoms with Gasteiger partial charge in [0.05, 0.1) is 18.3 Å². The first-order valence-electron chi connectivity index (χ1n) is 6.19. The van der Waals surface area contributed by atoms with E-state index in [1.54, 1.807) is 38.4 Å². The molecule has 20 heavy (non-hydrogen) atoms. The third-order valence-electron chi connectivity index (χ3n) is 2.72. The van der Waals surface area contributed by atoms with E-state index in [2.05, 4.69) is 15.0 Å². The molecule has 0 aliphatic rings. The molecule has 108 valence electrons. The molecule has 2 aromatic heterocycles. The lowest BCUT2D eigenvalue weighted by Gasteiger charge is -2.12. The Morgan fingerprint density at radius 2 is 2.10 bits per heavy atom. The van der Waals surface area contributed by atoms with E-state index in [1.165, 1.54) is 6.07 Å². The molecular weight excluding hydrogens is 278 g/mol. The standard InChI is InChI=1S/C13H17N3O3S/c1-10(12-5-3-4-8-15-12)16-20(17,18)13-7-6-11(19-13)9-14-2/h3-8,10,14,16H,9H2,1-2H3. The van der Waals surface area contributed by atoms with E-state index in [0.29, 0.717) is 18.0 Å². The van der Waals surface area contributed by atoms with Gasteiger partial charge in [0.15, 0.2) is 0 Å². The average molecular weight is 295 g/mol. The molecule has 2 heterocycles. The Balaban J connectivity index is 2.14. The summed E-state index contributed by atoms with van der Waals surface area (Å²) in [5, 5.41) is 2.80. The van der Waals surface area contributed by atoms with E-state index in [4.69, 9.17) is 4.42 Å². The summed E-state index contributed by atoms with van der Waals surface area (Å²) in [6.07, 6.45) is 1.62. The van der Waals surface area contributed by atoms with Crippen molar-refractivity contribution >= 4 is 10.0 Å². The highest BCUT2D eigenvalue weighted by molar-refractivity contribution is 7.89. The summed E-state index contributed by atoms with van der Waals surface area (Å²) < 4.78 is 32.2. The lowest BCUT2D eigenvalue weighted by Crippen LogP contribution is -2.27. The van der Waals surface area contributed by atoms with Gasteiger partial charge < -0.3 is 9.73 Å². The second-order valence-electron chi connectivity index (χ2n) is 4.35. The first kappa shape index (κ1) is 14.7. The lowest BCUT2D eigenvalue weighted by atomic mass is 10.2. The van der Waals surface area contributed by atoms with Gasteiger partial charge in [-0.05, 0) is 38.2 Å². The molecule has 1 unspecified atom stereocenters. The van der Waals surface area contributed by atoms with Gasteiger partial charge in [-0.25, -0.2) is 8.42 Å². The fourth-order valence-electron chi connectivity index (χ4n) is 1.76. The van der Waals surface area contributed by atoms with Crippen LogP contribution in [-0.4, -0.2) is 20.4 Å². The fraction of sp³-hybridized carbons (Fsp3) is 0.308. The van der Waals surface area contributed by atoms with Crippen molar-refractivity contribution in [2.45, 2.75) is 24.6 Å². The number of rotatable bonds is 6. The third-order valence-corrected chi connectivity index (χ3v) is 4.13. The van der Waals surface area contributed by atoms with Gasteiger partial charge in [0.1, 0.15) is 5.76 Å². The minimum Gasteiger partial charge on any atom is -0.447 e. The maximum atomic E-state index is 12.2. The highest BCUT2D eigenvalue weighted by Crippen LogP contribution is 2.17. The first-order chi connectivity index (χ1) is 9.53. The Morgan fingerprint density at radius 3 is 2.75 bits per heavy atom. The normalized spacial score (nSPS) is 13.3. The molecule has 2 rings (SSSR count). The molecule has 0 aromatic carbocycles. The van der Waals surface area contributed by atoms with Gasteiger partial charge in [-0.1, -0.05) is 6.07 Å². The Kier molecular flexibility index (Phi) is 4.53. The third kappa shape index (κ3) is 3.44. The van der Waals surface area contributed by atoms with E-state index >= 15 is 0 Å². The van der Waals surface area contributed by atoms with E-state index in [-0.39, 0.29) is 5.09 Å². The van der Waals surface area contributed by atoms with Crippen molar-refractivity contribution in [2.24, 2.45) is 0 Å². The number of hydrogen-bond acceptors (Lipinski definition) is 5. The molecule has 0 fully saturated rings. The molecule has 2 aromatic rings. The molecule has 0 bridgehead atoms. The van der Waals surface area contributed by atoms with Crippen molar-refractivity contribution in [1.82, 2.24) is 15.0 Å².